The molecule has 0 spiro atoms. The van der Waals surface area contributed by atoms with Gasteiger partial charge in [-0.3, -0.25) is 20.3 Å². The average molecular weight is 486 g/mol. The molecule has 13 heteroatoms. The smallest absolute Gasteiger partial charge is 0.321 e. The number of hydrogen-bond donors (Lipinski definition) is 4. The van der Waals surface area contributed by atoms with Crippen LogP contribution in [-0.4, -0.2) is 80.1 Å². The van der Waals surface area contributed by atoms with Crippen LogP contribution in [0.5, 0.6) is 0 Å². The van der Waals surface area contributed by atoms with E-state index in [4.69, 9.17) is 0 Å². The van der Waals surface area contributed by atoms with Crippen molar-refractivity contribution in [3.63, 3.8) is 0 Å². The van der Waals surface area contributed by atoms with Crippen molar-refractivity contribution < 1.29 is 9.59 Å². The average Bonchev–Trinajstić information content (AvgIpc) is 3.40. The van der Waals surface area contributed by atoms with Gasteiger partial charge in [0, 0.05) is 57.9 Å². The van der Waals surface area contributed by atoms with Gasteiger partial charge >= 0.3 is 6.03 Å². The second-order valence-corrected chi connectivity index (χ2v) is 8.45. The van der Waals surface area contributed by atoms with E-state index in [0.29, 0.717) is 44.6 Å². The minimum absolute atomic E-state index is 0.175. The van der Waals surface area contributed by atoms with E-state index >= 15 is 0 Å². The summed E-state index contributed by atoms with van der Waals surface area (Å²) in [6.45, 7) is 0. The fourth-order valence-corrected chi connectivity index (χ4v) is 3.61. The lowest BCUT2D eigenvalue weighted by Crippen LogP contribution is -2.27. The molecular formula is C23H23N11O2. The van der Waals surface area contributed by atoms with Crippen molar-refractivity contribution in [3.8, 4) is 11.5 Å². The molecule has 182 valence electrons. The molecule has 13 nitrogen and oxygen atoms in total. The van der Waals surface area contributed by atoms with E-state index in [2.05, 4.69) is 46.0 Å². The number of anilines is 1. The first-order valence-electron chi connectivity index (χ1n) is 10.9. The molecule has 5 rings (SSSR count). The van der Waals surface area contributed by atoms with E-state index in [1.165, 1.54) is 9.80 Å². The molecular weight excluding hydrogens is 462 g/mol. The zero-order chi connectivity index (χ0) is 25.4. The molecule has 4 aromatic rings. The summed E-state index contributed by atoms with van der Waals surface area (Å²) in [6, 6.07) is 3.20. The third-order valence-corrected chi connectivity index (χ3v) is 5.45. The monoisotopic (exact) mass is 485 g/mol. The maximum Gasteiger partial charge on any atom is 0.321 e. The Labute approximate surface area is 204 Å². The SMILES string of the molecule is CN(C)C(=O)Nc1cncc(C2=CNN=c3[nH]nc(-c4nc5c(C(=O)N(C)C)ccnc5[nH]4)c3=C2)c1. The van der Waals surface area contributed by atoms with Crippen LogP contribution in [0.15, 0.2) is 42.0 Å². The van der Waals surface area contributed by atoms with Crippen LogP contribution in [-0.2, 0) is 0 Å². The molecule has 36 heavy (non-hydrogen) atoms. The maximum atomic E-state index is 12.6. The molecule has 0 atom stereocenters. The highest BCUT2D eigenvalue weighted by molar-refractivity contribution is 6.04. The number of H-pyrrole nitrogens is 2. The normalized spacial score (nSPS) is 12.4. The van der Waals surface area contributed by atoms with E-state index in [1.807, 2.05) is 12.1 Å². The largest absolute Gasteiger partial charge is 0.345 e. The van der Waals surface area contributed by atoms with Crippen LogP contribution in [0.4, 0.5) is 10.5 Å². The van der Waals surface area contributed by atoms with Crippen molar-refractivity contribution in [2.24, 2.45) is 5.10 Å². The molecule has 0 aromatic carbocycles. The van der Waals surface area contributed by atoms with E-state index in [1.54, 1.807) is 59.0 Å². The number of aromatic nitrogens is 6. The van der Waals surface area contributed by atoms with Gasteiger partial charge in [0.25, 0.3) is 5.91 Å². The summed E-state index contributed by atoms with van der Waals surface area (Å²) in [5.41, 5.74) is 7.33. The Morgan fingerprint density at radius 3 is 2.69 bits per heavy atom. The number of nitrogens with one attached hydrogen (secondary N) is 4. The second kappa shape index (κ2) is 8.94. The minimum atomic E-state index is -0.258. The highest BCUT2D eigenvalue weighted by Gasteiger charge is 2.19. The fraction of sp³-hybridized carbons (Fsp3) is 0.174. The Morgan fingerprint density at radius 2 is 1.92 bits per heavy atom. The summed E-state index contributed by atoms with van der Waals surface area (Å²) >= 11 is 0. The van der Waals surface area contributed by atoms with E-state index < -0.39 is 0 Å². The van der Waals surface area contributed by atoms with E-state index in [9.17, 15) is 9.59 Å². The molecule has 0 saturated heterocycles. The molecule has 0 fully saturated rings. The summed E-state index contributed by atoms with van der Waals surface area (Å²) < 4.78 is 0. The van der Waals surface area contributed by atoms with Crippen molar-refractivity contribution >= 4 is 40.4 Å². The molecule has 0 radical (unpaired) electrons. The lowest BCUT2D eigenvalue weighted by molar-refractivity contribution is 0.0829. The Balaban J connectivity index is 1.57. The number of amides is 3. The number of carbonyl (C=O) groups is 2. The van der Waals surface area contributed by atoms with Crippen LogP contribution < -0.4 is 21.4 Å². The van der Waals surface area contributed by atoms with Crippen LogP contribution in [0.3, 0.4) is 0 Å². The van der Waals surface area contributed by atoms with Crippen molar-refractivity contribution in [2.75, 3.05) is 33.5 Å². The number of fused-ring (bicyclic) bond motifs is 2. The third kappa shape index (κ3) is 4.13. The zero-order valence-electron chi connectivity index (χ0n) is 20.0. The first-order valence-corrected chi connectivity index (χ1v) is 10.9. The lowest BCUT2D eigenvalue weighted by Gasteiger charge is -2.12. The predicted octanol–water partition coefficient (Wildman–Crippen LogP) is 0.498. The van der Waals surface area contributed by atoms with Gasteiger partial charge in [-0.15, -0.1) is 0 Å². The van der Waals surface area contributed by atoms with Gasteiger partial charge in [0.1, 0.15) is 11.2 Å². The standard InChI is InChI=1S/C23H23N11O2/c1-33(2)22(35)15-5-6-25-20-17(15)28-21(29-20)18-16-8-13(10-26-31-19(16)32-30-18)12-7-14(11-24-9-12)27-23(36)34(3)4/h5-11,26H,1-4H3,(H,27,36)(H,31,32)(H,25,28,29). The van der Waals surface area contributed by atoms with Gasteiger partial charge in [-0.1, -0.05) is 0 Å². The topological polar surface area (TPSA) is 160 Å². The minimum Gasteiger partial charge on any atom is -0.345 e. The van der Waals surface area contributed by atoms with E-state index in [0.717, 1.165) is 11.1 Å². The Bertz CT molecular complexity index is 1650. The van der Waals surface area contributed by atoms with Gasteiger partial charge in [-0.2, -0.15) is 10.2 Å². The number of nitrogens with zero attached hydrogens (tertiary/aromatic N) is 7. The van der Waals surface area contributed by atoms with Crippen LogP contribution >= 0.6 is 0 Å². The zero-order valence-corrected chi connectivity index (χ0v) is 20.0. The summed E-state index contributed by atoms with van der Waals surface area (Å²) in [7, 11) is 6.69. The number of carbonyl (C=O) groups excluding carboxylic acids is 2. The third-order valence-electron chi connectivity index (χ3n) is 5.45. The number of rotatable bonds is 4. The molecule has 0 aliphatic carbocycles. The van der Waals surface area contributed by atoms with Crippen LogP contribution in [0, 0.1) is 0 Å². The molecule has 4 aromatic heterocycles. The number of allylic oxidation sites excluding steroid dienone is 1. The molecule has 0 saturated carbocycles. The molecule has 0 bridgehead atoms. The fourth-order valence-electron chi connectivity index (χ4n) is 3.61. The quantitative estimate of drug-likeness (QED) is 0.327. The van der Waals surface area contributed by atoms with Crippen LogP contribution in [0.25, 0.3) is 34.3 Å². The number of pyridine rings is 2. The van der Waals surface area contributed by atoms with Gasteiger partial charge in [-0.05, 0) is 18.2 Å². The van der Waals surface area contributed by atoms with Crippen molar-refractivity contribution in [3.05, 3.63) is 58.8 Å². The number of urea groups is 1. The molecule has 0 unspecified atom stereocenters. The van der Waals surface area contributed by atoms with Gasteiger partial charge in [-0.25, -0.2) is 14.8 Å². The van der Waals surface area contributed by atoms with E-state index in [-0.39, 0.29) is 11.9 Å². The summed E-state index contributed by atoms with van der Waals surface area (Å²) in [5.74, 6) is 0.262. The lowest BCUT2D eigenvalue weighted by atomic mass is 10.1. The number of hydrogen-bond acceptors (Lipinski definition) is 8. The number of aromatic amines is 2. The Hall–Kier alpha value is -5.07. The van der Waals surface area contributed by atoms with Crippen LogP contribution in [0.2, 0.25) is 0 Å². The number of imidazole rings is 1. The maximum absolute atomic E-state index is 12.6. The van der Waals surface area contributed by atoms with Crippen molar-refractivity contribution in [2.45, 2.75) is 0 Å². The Kier molecular flexibility index (Phi) is 5.64. The second-order valence-electron chi connectivity index (χ2n) is 8.45. The van der Waals surface area contributed by atoms with Gasteiger partial charge in [0.2, 0.25) is 0 Å². The van der Waals surface area contributed by atoms with Gasteiger partial charge in [0.15, 0.2) is 17.0 Å². The van der Waals surface area contributed by atoms with Crippen molar-refractivity contribution in [1.29, 1.82) is 0 Å². The first-order chi connectivity index (χ1) is 17.3. The summed E-state index contributed by atoms with van der Waals surface area (Å²) in [5, 5.41) is 15.1. The van der Waals surface area contributed by atoms with Gasteiger partial charge in [0.05, 0.1) is 22.7 Å². The van der Waals surface area contributed by atoms with Crippen molar-refractivity contribution in [1.82, 2.24) is 45.4 Å². The molecule has 1 aliphatic heterocycles. The highest BCUT2D eigenvalue weighted by Crippen LogP contribution is 2.21. The Morgan fingerprint density at radius 1 is 1.08 bits per heavy atom. The molecule has 3 amide bonds. The highest BCUT2D eigenvalue weighted by atomic mass is 16.2. The van der Waals surface area contributed by atoms with Crippen LogP contribution in [0.1, 0.15) is 15.9 Å². The first kappa shape index (κ1) is 22.7. The molecule has 1 aliphatic rings. The summed E-state index contributed by atoms with van der Waals surface area (Å²) in [4.78, 5) is 44.0. The molecule has 5 heterocycles. The molecule has 4 N–H and O–H groups in total. The predicted molar refractivity (Wildman–Crippen MR) is 133 cm³/mol. The summed E-state index contributed by atoms with van der Waals surface area (Å²) in [6.07, 6.45) is 8.43. The van der Waals surface area contributed by atoms with Gasteiger partial charge < -0.3 is 20.1 Å².